The molecule has 0 radical (unpaired) electrons. The number of benzene rings is 3. The lowest BCUT2D eigenvalue weighted by Crippen LogP contribution is -2.31. The van der Waals surface area contributed by atoms with Crippen LogP contribution in [0.5, 0.6) is 0 Å². The number of carbonyl (C=O) groups is 3. The minimum atomic E-state index is -0.894. The van der Waals surface area contributed by atoms with Gasteiger partial charge >= 0.3 is 17.9 Å². The fraction of sp³-hybridized carbons (Fsp3) is 0.533. The third-order valence-electron chi connectivity index (χ3n) is 12.5. The highest BCUT2D eigenvalue weighted by Crippen LogP contribution is 2.28. The second-order valence-electron chi connectivity index (χ2n) is 16.7. The molecule has 3 heterocycles. The molecule has 6 unspecified atom stereocenters. The van der Waals surface area contributed by atoms with E-state index < -0.39 is 53.1 Å². The molecule has 6 atom stereocenters. The Kier molecular flexibility index (Phi) is 15.4. The Morgan fingerprint density at radius 2 is 0.776 bits per heavy atom. The number of carboxylic acids is 3. The smallest absolute Gasteiger partial charge is 0.307 e. The zero-order chi connectivity index (χ0) is 41.2. The Labute approximate surface area is 338 Å². The molecule has 0 aliphatic carbocycles. The fourth-order valence-corrected chi connectivity index (χ4v) is 9.33. The molecule has 3 aromatic rings. The van der Waals surface area contributed by atoms with Crippen LogP contribution in [0.3, 0.4) is 0 Å². The maximum absolute atomic E-state index is 15.0. The summed E-state index contributed by atoms with van der Waals surface area (Å²) in [6.45, 7) is 5.56. The largest absolute Gasteiger partial charge is 0.481 e. The quantitative estimate of drug-likeness (QED) is 0.0870. The summed E-state index contributed by atoms with van der Waals surface area (Å²) < 4.78 is 45.1. The average Bonchev–Trinajstić information content (AvgIpc) is 3.99. The molecule has 6 N–H and O–H groups in total. The Hall–Kier alpha value is -4.30. The van der Waals surface area contributed by atoms with Gasteiger partial charge in [0.15, 0.2) is 0 Å². The molecule has 0 saturated carbocycles. The van der Waals surface area contributed by atoms with Crippen LogP contribution in [0.1, 0.15) is 52.6 Å². The van der Waals surface area contributed by atoms with Crippen molar-refractivity contribution in [2.45, 2.75) is 57.8 Å². The van der Waals surface area contributed by atoms with Gasteiger partial charge in [-0.3, -0.25) is 14.4 Å². The topological polar surface area (TPSA) is 151 Å². The molecule has 3 aliphatic rings. The van der Waals surface area contributed by atoms with Crippen molar-refractivity contribution in [2.75, 3.05) is 58.9 Å². The molecule has 6 rings (SSSR count). The fourth-order valence-electron chi connectivity index (χ4n) is 9.33. The van der Waals surface area contributed by atoms with Crippen LogP contribution < -0.4 is 16.0 Å². The molecule has 3 fully saturated rings. The van der Waals surface area contributed by atoms with E-state index in [0.717, 1.165) is 55.6 Å². The van der Waals surface area contributed by atoms with E-state index in [1.54, 1.807) is 0 Å². The average molecular weight is 807 g/mol. The summed E-state index contributed by atoms with van der Waals surface area (Å²) >= 11 is 0. The van der Waals surface area contributed by atoms with E-state index in [1.165, 1.54) is 36.4 Å². The van der Waals surface area contributed by atoms with Gasteiger partial charge in [-0.15, -0.1) is 0 Å². The van der Waals surface area contributed by atoms with Gasteiger partial charge < -0.3 is 36.2 Å². The van der Waals surface area contributed by atoms with Gasteiger partial charge in [0.25, 0.3) is 0 Å². The van der Waals surface area contributed by atoms with Crippen molar-refractivity contribution in [1.29, 1.82) is 0 Å². The number of carboxylic acid groups (broad SMARTS) is 3. The van der Waals surface area contributed by atoms with Gasteiger partial charge in [0, 0.05) is 19.6 Å². The van der Waals surface area contributed by atoms with Crippen LogP contribution in [0.25, 0.3) is 0 Å². The molecule has 3 saturated heterocycles. The van der Waals surface area contributed by atoms with E-state index >= 15 is 13.2 Å². The lowest BCUT2D eigenvalue weighted by molar-refractivity contribution is -0.144. The third-order valence-corrected chi connectivity index (χ3v) is 12.5. The number of nitrogens with zero attached hydrogens (tertiary/aromatic N) is 1. The monoisotopic (exact) mass is 806 g/mol. The standard InChI is InChI=1S/C45H57F3N4O6/c46-37-16-28(13-31(19-37)22-40(43(53)54)34-1-7-49-25-34)4-10-52(11-5-29-14-32(20-38(47)17-29)23-41(44(55)56)35-2-8-50-26-35)12-6-30-15-33(21-39(48)18-30)24-42(45(57)58)36-3-9-51-27-36/h13-21,34-36,40-42,49-51H,1-12,22-27H2,(H,53,54)(H,55,56)(H,57,58). The highest BCUT2D eigenvalue weighted by Gasteiger charge is 2.33. The number of rotatable bonds is 21. The Morgan fingerprint density at radius 3 is 1.02 bits per heavy atom. The van der Waals surface area contributed by atoms with Gasteiger partial charge in [0.1, 0.15) is 17.5 Å². The molecule has 10 nitrogen and oxygen atoms in total. The van der Waals surface area contributed by atoms with Gasteiger partial charge in [-0.2, -0.15) is 0 Å². The zero-order valence-electron chi connectivity index (χ0n) is 33.0. The van der Waals surface area contributed by atoms with Gasteiger partial charge in [-0.25, -0.2) is 13.2 Å². The highest BCUT2D eigenvalue weighted by atomic mass is 19.1. The Morgan fingerprint density at radius 1 is 0.500 bits per heavy atom. The van der Waals surface area contributed by atoms with Gasteiger partial charge in [-0.1, -0.05) is 18.2 Å². The van der Waals surface area contributed by atoms with Gasteiger partial charge in [-0.05, 0) is 185 Å². The molecular weight excluding hydrogens is 750 g/mol. The molecule has 3 aromatic carbocycles. The summed E-state index contributed by atoms with van der Waals surface area (Å²) in [5.74, 6) is -5.98. The maximum atomic E-state index is 15.0. The Balaban J connectivity index is 1.18. The van der Waals surface area contributed by atoms with E-state index in [2.05, 4.69) is 20.9 Å². The first-order chi connectivity index (χ1) is 27.9. The number of hydrogen-bond acceptors (Lipinski definition) is 7. The van der Waals surface area contributed by atoms with Gasteiger partial charge in [0.2, 0.25) is 0 Å². The van der Waals surface area contributed by atoms with Crippen LogP contribution in [0.2, 0.25) is 0 Å². The summed E-state index contributed by atoms with van der Waals surface area (Å²) in [6.07, 6.45) is 4.27. The number of halogens is 3. The van der Waals surface area contributed by atoms with E-state index in [4.69, 9.17) is 0 Å². The van der Waals surface area contributed by atoms with Crippen LogP contribution in [0, 0.1) is 53.0 Å². The third kappa shape index (κ3) is 12.4. The zero-order valence-corrected chi connectivity index (χ0v) is 33.0. The van der Waals surface area contributed by atoms with Crippen LogP contribution in [0.4, 0.5) is 13.2 Å². The van der Waals surface area contributed by atoms with Gasteiger partial charge in [0.05, 0.1) is 17.8 Å². The van der Waals surface area contributed by atoms with Crippen molar-refractivity contribution in [1.82, 2.24) is 20.9 Å². The lowest BCUT2D eigenvalue weighted by atomic mass is 9.85. The lowest BCUT2D eigenvalue weighted by Gasteiger charge is -2.24. The minimum Gasteiger partial charge on any atom is -0.481 e. The van der Waals surface area contributed by atoms with Crippen molar-refractivity contribution >= 4 is 17.9 Å². The van der Waals surface area contributed by atoms with Crippen LogP contribution in [-0.4, -0.2) is 97.0 Å². The first kappa shape index (κ1) is 43.3. The molecule has 0 spiro atoms. The first-order valence-electron chi connectivity index (χ1n) is 20.8. The second-order valence-corrected chi connectivity index (χ2v) is 16.7. The van der Waals surface area contributed by atoms with E-state index in [0.29, 0.717) is 75.2 Å². The normalized spacial score (nSPS) is 21.0. The molecule has 3 aliphatic heterocycles. The van der Waals surface area contributed by atoms with Crippen LogP contribution >= 0.6 is 0 Å². The molecule has 0 aromatic heterocycles. The predicted octanol–water partition coefficient (Wildman–Crippen LogP) is 4.99. The minimum absolute atomic E-state index is 0.0316. The van der Waals surface area contributed by atoms with Crippen LogP contribution in [0.15, 0.2) is 54.6 Å². The summed E-state index contributed by atoms with van der Waals surface area (Å²) in [5.41, 5.74) is 4.04. The molecular formula is C45H57F3N4O6. The highest BCUT2D eigenvalue weighted by molar-refractivity contribution is 5.72. The summed E-state index contributed by atoms with van der Waals surface area (Å²) in [4.78, 5) is 38.7. The molecule has 314 valence electrons. The van der Waals surface area contributed by atoms with Crippen molar-refractivity contribution in [3.63, 3.8) is 0 Å². The van der Waals surface area contributed by atoms with Crippen molar-refractivity contribution in [2.24, 2.45) is 35.5 Å². The summed E-state index contributed by atoms with van der Waals surface area (Å²) in [5, 5.41) is 39.6. The van der Waals surface area contributed by atoms with E-state index in [1.807, 2.05) is 18.2 Å². The summed E-state index contributed by atoms with van der Waals surface area (Å²) in [7, 11) is 0. The molecule has 13 heteroatoms. The van der Waals surface area contributed by atoms with Crippen molar-refractivity contribution in [3.8, 4) is 0 Å². The number of nitrogens with one attached hydrogen (secondary N) is 3. The molecule has 0 amide bonds. The van der Waals surface area contributed by atoms with E-state index in [-0.39, 0.29) is 37.0 Å². The summed E-state index contributed by atoms with van der Waals surface area (Å²) in [6, 6.07) is 14.2. The SMILES string of the molecule is O=C(O)C(Cc1cc(F)cc(CCN(CCc2cc(F)cc(CC(C(=O)O)C3CCNC3)c2)CCc2cc(F)cc(CC(C(=O)O)C3CCNC3)c2)c1)C1CCNC1. The molecule has 58 heavy (non-hydrogen) atoms. The maximum Gasteiger partial charge on any atom is 0.307 e. The number of aliphatic carboxylic acids is 3. The Bertz CT molecular complexity index is 1670. The molecule has 0 bridgehead atoms. The van der Waals surface area contributed by atoms with E-state index in [9.17, 15) is 29.7 Å². The first-order valence-corrected chi connectivity index (χ1v) is 20.8. The van der Waals surface area contributed by atoms with Crippen LogP contribution in [-0.2, 0) is 52.9 Å². The van der Waals surface area contributed by atoms with Crippen molar-refractivity contribution < 1.29 is 42.9 Å². The second kappa shape index (κ2) is 20.6. The van der Waals surface area contributed by atoms with Crippen molar-refractivity contribution in [3.05, 3.63) is 105 Å². The number of hydrogen-bond donors (Lipinski definition) is 6. The predicted molar refractivity (Wildman–Crippen MR) is 214 cm³/mol.